The summed E-state index contributed by atoms with van der Waals surface area (Å²) in [6, 6.07) is 0. The first-order valence-corrected chi connectivity index (χ1v) is 13.6. The van der Waals surface area contributed by atoms with Crippen LogP contribution >= 0.6 is 0 Å². The van der Waals surface area contributed by atoms with Gasteiger partial charge < -0.3 is 33.5 Å². The van der Waals surface area contributed by atoms with Gasteiger partial charge in [0.1, 0.15) is 0 Å². The van der Waals surface area contributed by atoms with Gasteiger partial charge in [-0.3, -0.25) is 0 Å². The number of ether oxygens (including phenoxy) is 6. The molecule has 0 bridgehead atoms. The fraction of sp³-hybridized carbons (Fsp3) is 0.400. The zero-order valence-corrected chi connectivity index (χ0v) is 28.5. The maximum absolute atomic E-state index is 14.8. The van der Waals surface area contributed by atoms with E-state index in [-0.39, 0.29) is 26.2 Å². The SMILES string of the molecule is COCc1c(F)c(F)c(COC(CCO)(OCc2c(F)c(F)c(COC)c(F)c2F)OCc2c(F)c(F)c(COC)c(F)c2F)c(F)c1F.[Zr]. The van der Waals surface area contributed by atoms with E-state index in [9.17, 15) is 57.8 Å². The van der Waals surface area contributed by atoms with Gasteiger partial charge in [-0.1, -0.05) is 0 Å². The fourth-order valence-electron chi connectivity index (χ4n) is 4.39. The smallest absolute Gasteiger partial charge is 0.286 e. The van der Waals surface area contributed by atoms with Gasteiger partial charge in [-0.05, 0) is 0 Å². The standard InChI is InChI=1S/C30H26F12O7.Zr/c1-44-6-12-18(31)24(37)15(25(38)19(12)32)9-47-30(4-5-43,48-10-16-26(39)20(33)13(7-45-2)21(34)27(16)40)49-11-17-28(41)22(35)14(8-46-3)23(36)29(17)42;/h43H,4-11H2,1-3H3;. The van der Waals surface area contributed by atoms with Crippen molar-refractivity contribution in [2.45, 2.75) is 52.0 Å². The summed E-state index contributed by atoms with van der Waals surface area (Å²) in [6.45, 7) is -8.91. The van der Waals surface area contributed by atoms with E-state index < -0.39 is 162 Å². The van der Waals surface area contributed by atoms with E-state index in [0.717, 1.165) is 21.3 Å². The van der Waals surface area contributed by atoms with Crippen molar-refractivity contribution < 1.29 is 112 Å². The van der Waals surface area contributed by atoms with Gasteiger partial charge in [-0.2, -0.15) is 0 Å². The molecule has 0 radical (unpaired) electrons. The monoisotopic (exact) mass is 816 g/mol. The molecule has 3 aromatic rings. The van der Waals surface area contributed by atoms with Gasteiger partial charge in [0.15, 0.2) is 69.8 Å². The second-order valence-electron chi connectivity index (χ2n) is 9.96. The molecule has 0 aliphatic carbocycles. The van der Waals surface area contributed by atoms with Crippen molar-refractivity contribution in [1.82, 2.24) is 0 Å². The van der Waals surface area contributed by atoms with Crippen LogP contribution in [0.5, 0.6) is 0 Å². The average molecular weight is 818 g/mol. The molecule has 0 heterocycles. The molecular formula is C30H26F12O7Zr. The quantitative estimate of drug-likeness (QED) is 0.0916. The molecule has 3 aromatic carbocycles. The third-order valence-corrected chi connectivity index (χ3v) is 6.93. The van der Waals surface area contributed by atoms with E-state index in [1.54, 1.807) is 0 Å². The first-order chi connectivity index (χ1) is 23.1. The first-order valence-electron chi connectivity index (χ1n) is 13.6. The third-order valence-electron chi connectivity index (χ3n) is 6.93. The minimum Gasteiger partial charge on any atom is -0.396 e. The van der Waals surface area contributed by atoms with Gasteiger partial charge in [-0.25, -0.2) is 52.7 Å². The van der Waals surface area contributed by atoms with Gasteiger partial charge in [0, 0.05) is 47.5 Å². The van der Waals surface area contributed by atoms with Crippen LogP contribution in [0.2, 0.25) is 0 Å². The van der Waals surface area contributed by atoms with Gasteiger partial charge in [0.05, 0.1) is 86.0 Å². The Kier molecular flexibility index (Phi) is 16.4. The molecule has 0 fully saturated rings. The van der Waals surface area contributed by atoms with Crippen molar-refractivity contribution in [3.8, 4) is 0 Å². The Bertz CT molecular complexity index is 1400. The number of hydrogen-bond acceptors (Lipinski definition) is 7. The molecule has 50 heavy (non-hydrogen) atoms. The van der Waals surface area contributed by atoms with Crippen LogP contribution in [0.3, 0.4) is 0 Å². The van der Waals surface area contributed by atoms with E-state index in [1.807, 2.05) is 0 Å². The maximum Gasteiger partial charge on any atom is 0.286 e. The summed E-state index contributed by atoms with van der Waals surface area (Å²) in [4.78, 5) is 0. The molecular weight excluding hydrogens is 792 g/mol. The Morgan fingerprint density at radius 2 is 0.560 bits per heavy atom. The van der Waals surface area contributed by atoms with Gasteiger partial charge in [0.25, 0.3) is 5.97 Å². The van der Waals surface area contributed by atoms with Crippen LogP contribution < -0.4 is 0 Å². The molecule has 0 amide bonds. The summed E-state index contributed by atoms with van der Waals surface area (Å²) in [7, 11) is 2.85. The molecule has 0 aromatic heterocycles. The van der Waals surface area contributed by atoms with Crippen LogP contribution in [0, 0.1) is 69.8 Å². The molecule has 0 aliphatic rings. The predicted molar refractivity (Wildman–Crippen MR) is 140 cm³/mol. The average Bonchev–Trinajstić information content (AvgIpc) is 3.07. The second-order valence-corrected chi connectivity index (χ2v) is 9.96. The largest absolute Gasteiger partial charge is 0.396 e. The summed E-state index contributed by atoms with van der Waals surface area (Å²) < 4.78 is 205. The van der Waals surface area contributed by atoms with Crippen LogP contribution in [-0.4, -0.2) is 39.0 Å². The predicted octanol–water partition coefficient (Wildman–Crippen LogP) is 6.78. The normalized spacial score (nSPS) is 11.8. The zero-order valence-electron chi connectivity index (χ0n) is 26.1. The Labute approximate surface area is 295 Å². The Hall–Kier alpha value is -2.58. The molecule has 0 aliphatic heterocycles. The second kappa shape index (κ2) is 18.8. The van der Waals surface area contributed by atoms with Crippen molar-refractivity contribution in [2.24, 2.45) is 0 Å². The summed E-state index contributed by atoms with van der Waals surface area (Å²) in [5, 5.41) is 9.69. The Morgan fingerprint density at radius 3 is 0.720 bits per heavy atom. The molecule has 3 rings (SSSR count). The Balaban J connectivity index is 0.00000867. The summed E-state index contributed by atoms with van der Waals surface area (Å²) in [5.41, 5.74) is -8.14. The van der Waals surface area contributed by atoms with Gasteiger partial charge >= 0.3 is 0 Å². The molecule has 0 atom stereocenters. The third kappa shape index (κ3) is 8.89. The molecule has 7 nitrogen and oxygen atoms in total. The van der Waals surface area contributed by atoms with E-state index in [0.29, 0.717) is 0 Å². The van der Waals surface area contributed by atoms with Crippen LogP contribution in [-0.2, 0) is 94.3 Å². The van der Waals surface area contributed by atoms with E-state index in [2.05, 4.69) is 14.2 Å². The van der Waals surface area contributed by atoms with Crippen LogP contribution in [0.15, 0.2) is 0 Å². The van der Waals surface area contributed by atoms with E-state index in [4.69, 9.17) is 14.2 Å². The molecule has 0 saturated heterocycles. The maximum atomic E-state index is 14.8. The first kappa shape index (κ1) is 43.6. The minimum atomic E-state index is -3.25. The molecule has 0 saturated carbocycles. The molecule has 276 valence electrons. The molecule has 1 N–H and O–H groups in total. The van der Waals surface area contributed by atoms with Crippen molar-refractivity contribution in [2.75, 3.05) is 27.9 Å². The number of rotatable bonds is 17. The zero-order chi connectivity index (χ0) is 36.8. The molecule has 0 spiro atoms. The summed E-state index contributed by atoms with van der Waals surface area (Å²) in [6.07, 6.45) is -1.16. The number of aliphatic hydroxyl groups excluding tert-OH is 1. The van der Waals surface area contributed by atoms with Crippen molar-refractivity contribution in [1.29, 1.82) is 0 Å². The number of hydrogen-bond donors (Lipinski definition) is 1. The number of halogens is 12. The number of methoxy groups -OCH3 is 3. The van der Waals surface area contributed by atoms with Crippen LogP contribution in [0.4, 0.5) is 52.7 Å². The molecule has 0 unspecified atom stereocenters. The van der Waals surface area contributed by atoms with Crippen molar-refractivity contribution >= 4 is 0 Å². The number of benzene rings is 3. The fourth-order valence-corrected chi connectivity index (χ4v) is 4.39. The Morgan fingerprint density at radius 1 is 0.380 bits per heavy atom. The van der Waals surface area contributed by atoms with Crippen LogP contribution in [0.25, 0.3) is 0 Å². The van der Waals surface area contributed by atoms with Crippen molar-refractivity contribution in [3.05, 3.63) is 103 Å². The van der Waals surface area contributed by atoms with E-state index in [1.165, 1.54) is 0 Å². The molecule has 20 heteroatoms. The minimum absolute atomic E-state index is 0. The van der Waals surface area contributed by atoms with Crippen molar-refractivity contribution in [3.63, 3.8) is 0 Å². The summed E-state index contributed by atoms with van der Waals surface area (Å²) >= 11 is 0. The van der Waals surface area contributed by atoms with E-state index >= 15 is 0 Å². The van der Waals surface area contributed by atoms with Crippen LogP contribution in [0.1, 0.15) is 39.8 Å². The number of aliphatic hydroxyl groups is 1. The topological polar surface area (TPSA) is 75.6 Å². The van der Waals surface area contributed by atoms with Gasteiger partial charge in [0.2, 0.25) is 0 Å². The van der Waals surface area contributed by atoms with Gasteiger partial charge in [-0.15, -0.1) is 0 Å². The summed E-state index contributed by atoms with van der Waals surface area (Å²) in [5.74, 6) is -27.3.